The van der Waals surface area contributed by atoms with Gasteiger partial charge in [-0.25, -0.2) is 0 Å². The first-order valence-electron chi connectivity index (χ1n) is 7.41. The van der Waals surface area contributed by atoms with Crippen molar-refractivity contribution < 1.29 is 17.7 Å². The van der Waals surface area contributed by atoms with Crippen molar-refractivity contribution in [1.29, 1.82) is 0 Å². The number of hydrogen-bond acceptors (Lipinski definition) is 6. The minimum Gasteiger partial charge on any atom is -0.381 e. The molecule has 2 fully saturated rings. The van der Waals surface area contributed by atoms with Gasteiger partial charge in [0.15, 0.2) is 5.82 Å². The summed E-state index contributed by atoms with van der Waals surface area (Å²) in [5.74, 6) is 1.04. The smallest absolute Gasteiger partial charge is 0.281 e. The van der Waals surface area contributed by atoms with E-state index in [1.807, 2.05) is 0 Å². The Morgan fingerprint density at radius 1 is 1.32 bits per heavy atom. The molecule has 0 bridgehead atoms. The molecule has 2 saturated heterocycles. The van der Waals surface area contributed by atoms with Crippen LogP contribution in [0.15, 0.2) is 4.52 Å². The summed E-state index contributed by atoms with van der Waals surface area (Å²) >= 11 is 0. The Kier molecular flexibility index (Phi) is 4.00. The molecule has 2 aliphatic rings. The van der Waals surface area contributed by atoms with Crippen molar-refractivity contribution in [2.75, 3.05) is 40.4 Å². The lowest BCUT2D eigenvalue weighted by Crippen LogP contribution is -2.41. The van der Waals surface area contributed by atoms with Gasteiger partial charge >= 0.3 is 0 Å². The molecule has 2 aliphatic heterocycles. The van der Waals surface area contributed by atoms with E-state index >= 15 is 0 Å². The van der Waals surface area contributed by atoms with Gasteiger partial charge in [-0.05, 0) is 19.8 Å². The van der Waals surface area contributed by atoms with Crippen LogP contribution in [0.2, 0.25) is 0 Å². The molecule has 8 nitrogen and oxygen atoms in total. The Balaban J connectivity index is 1.95. The summed E-state index contributed by atoms with van der Waals surface area (Å²) in [6.07, 6.45) is 1.61. The van der Waals surface area contributed by atoms with Crippen LogP contribution in [0.5, 0.6) is 0 Å². The average Bonchev–Trinajstić information content (AvgIpc) is 3.04. The van der Waals surface area contributed by atoms with Crippen molar-refractivity contribution in [3.8, 4) is 0 Å². The van der Waals surface area contributed by atoms with Crippen LogP contribution >= 0.6 is 0 Å². The van der Waals surface area contributed by atoms with E-state index in [1.165, 1.54) is 8.61 Å². The maximum atomic E-state index is 12.5. The molecule has 0 radical (unpaired) electrons. The summed E-state index contributed by atoms with van der Waals surface area (Å²) in [6, 6.07) is 0. The van der Waals surface area contributed by atoms with Crippen LogP contribution in [0.1, 0.15) is 30.5 Å². The zero-order chi connectivity index (χ0) is 16.0. The Bertz CT molecular complexity index is 636. The quantitative estimate of drug-likeness (QED) is 0.796. The molecule has 1 unspecified atom stereocenters. The van der Waals surface area contributed by atoms with Crippen molar-refractivity contribution in [2.24, 2.45) is 5.41 Å². The average molecular weight is 330 g/mol. The van der Waals surface area contributed by atoms with Crippen molar-refractivity contribution in [2.45, 2.75) is 25.7 Å². The van der Waals surface area contributed by atoms with Crippen LogP contribution in [0.3, 0.4) is 0 Å². The molecule has 1 aromatic rings. The Hall–Kier alpha value is -1.03. The van der Waals surface area contributed by atoms with E-state index in [-0.39, 0.29) is 11.3 Å². The van der Waals surface area contributed by atoms with E-state index < -0.39 is 10.2 Å². The normalized spacial score (nSPS) is 26.1. The van der Waals surface area contributed by atoms with Gasteiger partial charge in [-0.2, -0.15) is 22.0 Å². The van der Waals surface area contributed by atoms with E-state index in [2.05, 4.69) is 10.1 Å². The Morgan fingerprint density at radius 3 is 2.55 bits per heavy atom. The molecule has 1 atom stereocenters. The van der Waals surface area contributed by atoms with Crippen LogP contribution in [0.4, 0.5) is 0 Å². The van der Waals surface area contributed by atoms with Crippen molar-refractivity contribution >= 4 is 10.2 Å². The lowest BCUT2D eigenvalue weighted by atomic mass is 9.72. The first kappa shape index (κ1) is 15.9. The van der Waals surface area contributed by atoms with E-state index in [0.29, 0.717) is 38.0 Å². The van der Waals surface area contributed by atoms with Gasteiger partial charge in [0, 0.05) is 45.8 Å². The van der Waals surface area contributed by atoms with Gasteiger partial charge in [0.05, 0.1) is 5.92 Å². The minimum absolute atomic E-state index is 0.0766. The number of nitrogens with zero attached hydrogens (tertiary/aromatic N) is 4. The fourth-order valence-electron chi connectivity index (χ4n) is 3.41. The van der Waals surface area contributed by atoms with Crippen LogP contribution < -0.4 is 0 Å². The summed E-state index contributed by atoms with van der Waals surface area (Å²) < 4.78 is 38.6. The van der Waals surface area contributed by atoms with Crippen LogP contribution in [-0.4, -0.2) is 67.6 Å². The second-order valence-electron chi connectivity index (χ2n) is 6.29. The minimum atomic E-state index is -3.45. The fourth-order valence-corrected chi connectivity index (χ4v) is 4.63. The van der Waals surface area contributed by atoms with Crippen LogP contribution in [-0.2, 0) is 14.9 Å². The SMILES string of the molecule is Cc1noc(C2CN(S(=O)(=O)N(C)C)CC23CCOCC3)n1. The van der Waals surface area contributed by atoms with Crippen molar-refractivity contribution in [1.82, 2.24) is 18.8 Å². The molecule has 0 aromatic carbocycles. The third-order valence-electron chi connectivity index (χ3n) is 4.73. The lowest BCUT2D eigenvalue weighted by molar-refractivity contribution is 0.0103. The Labute approximate surface area is 130 Å². The molecule has 0 amide bonds. The topological polar surface area (TPSA) is 88.8 Å². The van der Waals surface area contributed by atoms with Gasteiger partial charge in [-0.1, -0.05) is 5.16 Å². The van der Waals surface area contributed by atoms with Crippen molar-refractivity contribution in [3.05, 3.63) is 11.7 Å². The Morgan fingerprint density at radius 2 is 2.00 bits per heavy atom. The molecular weight excluding hydrogens is 308 g/mol. The summed E-state index contributed by atoms with van der Waals surface area (Å²) in [5, 5.41) is 3.87. The second kappa shape index (κ2) is 5.55. The van der Waals surface area contributed by atoms with E-state index in [4.69, 9.17) is 9.26 Å². The van der Waals surface area contributed by atoms with E-state index in [9.17, 15) is 8.42 Å². The first-order valence-corrected chi connectivity index (χ1v) is 8.80. The van der Waals surface area contributed by atoms with Crippen molar-refractivity contribution in [3.63, 3.8) is 0 Å². The highest BCUT2D eigenvalue weighted by molar-refractivity contribution is 7.86. The fraction of sp³-hybridized carbons (Fsp3) is 0.846. The molecule has 22 heavy (non-hydrogen) atoms. The number of rotatable bonds is 3. The molecular formula is C13H22N4O4S. The highest BCUT2D eigenvalue weighted by Crippen LogP contribution is 2.49. The summed E-state index contributed by atoms with van der Waals surface area (Å²) in [7, 11) is -0.347. The molecule has 3 rings (SSSR count). The number of hydrogen-bond donors (Lipinski definition) is 0. The third-order valence-corrected chi connectivity index (χ3v) is 6.59. The van der Waals surface area contributed by atoms with Crippen LogP contribution in [0, 0.1) is 12.3 Å². The summed E-state index contributed by atoms with van der Waals surface area (Å²) in [4.78, 5) is 4.35. The zero-order valence-corrected chi connectivity index (χ0v) is 14.0. The zero-order valence-electron chi connectivity index (χ0n) is 13.2. The molecule has 0 N–H and O–H groups in total. The number of aromatic nitrogens is 2. The summed E-state index contributed by atoms with van der Waals surface area (Å²) in [5.41, 5.74) is -0.180. The molecule has 3 heterocycles. The first-order chi connectivity index (χ1) is 10.3. The van der Waals surface area contributed by atoms with Gasteiger partial charge in [0.2, 0.25) is 5.89 Å². The highest BCUT2D eigenvalue weighted by Gasteiger charge is 2.53. The predicted molar refractivity (Wildman–Crippen MR) is 78.4 cm³/mol. The molecule has 0 saturated carbocycles. The maximum absolute atomic E-state index is 12.5. The van der Waals surface area contributed by atoms with Gasteiger partial charge in [-0.15, -0.1) is 0 Å². The van der Waals surface area contributed by atoms with Gasteiger partial charge in [-0.3, -0.25) is 0 Å². The maximum Gasteiger partial charge on any atom is 0.281 e. The van der Waals surface area contributed by atoms with Crippen LogP contribution in [0.25, 0.3) is 0 Å². The number of aryl methyl sites for hydroxylation is 1. The van der Waals surface area contributed by atoms with Gasteiger partial charge < -0.3 is 9.26 Å². The van der Waals surface area contributed by atoms with E-state index in [1.54, 1.807) is 21.0 Å². The third kappa shape index (κ3) is 2.55. The van der Waals surface area contributed by atoms with Gasteiger partial charge in [0.25, 0.3) is 10.2 Å². The summed E-state index contributed by atoms with van der Waals surface area (Å²) in [6.45, 7) is 3.90. The largest absolute Gasteiger partial charge is 0.381 e. The van der Waals surface area contributed by atoms with Gasteiger partial charge in [0.1, 0.15) is 0 Å². The van der Waals surface area contributed by atoms with E-state index in [0.717, 1.165) is 12.8 Å². The molecule has 124 valence electrons. The molecule has 1 spiro atoms. The monoisotopic (exact) mass is 330 g/mol. The molecule has 0 aliphatic carbocycles. The standard InChI is InChI=1S/C13H22N4O4S/c1-10-14-12(21-15-10)11-8-17(22(18,19)16(2)3)9-13(11)4-6-20-7-5-13/h11H,4-9H2,1-3H3. The lowest BCUT2D eigenvalue weighted by Gasteiger charge is -2.36. The predicted octanol–water partition coefficient (Wildman–Crippen LogP) is 0.380. The second-order valence-corrected chi connectivity index (χ2v) is 8.43. The number of ether oxygens (including phenoxy) is 1. The highest BCUT2D eigenvalue weighted by atomic mass is 32.2. The molecule has 1 aromatic heterocycles. The molecule has 9 heteroatoms.